The SMILES string of the molecule is CN=C(NCc1ccccc1S(=O)(=O)N1CCN(C)CC1)NC1CC1.I. The summed E-state index contributed by atoms with van der Waals surface area (Å²) in [6.45, 7) is 3.02. The van der Waals surface area contributed by atoms with Gasteiger partial charge in [-0.3, -0.25) is 4.99 Å². The van der Waals surface area contributed by atoms with Crippen molar-refractivity contribution in [2.45, 2.75) is 30.3 Å². The van der Waals surface area contributed by atoms with Crippen LogP contribution >= 0.6 is 24.0 Å². The van der Waals surface area contributed by atoms with Crippen LogP contribution < -0.4 is 10.6 Å². The average molecular weight is 493 g/mol. The molecule has 1 aliphatic heterocycles. The van der Waals surface area contributed by atoms with Crippen LogP contribution in [0.2, 0.25) is 0 Å². The van der Waals surface area contributed by atoms with Crippen LogP contribution in [0, 0.1) is 0 Å². The van der Waals surface area contributed by atoms with Gasteiger partial charge in [0.15, 0.2) is 5.96 Å². The first-order valence-electron chi connectivity index (χ1n) is 8.74. The molecule has 1 saturated carbocycles. The van der Waals surface area contributed by atoms with Crippen molar-refractivity contribution in [1.82, 2.24) is 19.8 Å². The van der Waals surface area contributed by atoms with Crippen LogP contribution in [-0.4, -0.2) is 69.9 Å². The third-order valence-corrected chi connectivity index (χ3v) is 6.64. The molecule has 1 aromatic carbocycles. The highest BCUT2D eigenvalue weighted by molar-refractivity contribution is 14.0. The monoisotopic (exact) mass is 493 g/mol. The van der Waals surface area contributed by atoms with Crippen molar-refractivity contribution in [3.8, 4) is 0 Å². The number of likely N-dealkylation sites (N-methyl/N-ethyl adjacent to an activating group) is 1. The zero-order chi connectivity index (χ0) is 17.9. The van der Waals surface area contributed by atoms with Gasteiger partial charge in [-0.15, -0.1) is 24.0 Å². The van der Waals surface area contributed by atoms with Gasteiger partial charge in [0.2, 0.25) is 10.0 Å². The number of hydrogen-bond donors (Lipinski definition) is 2. The number of benzene rings is 1. The molecule has 9 heteroatoms. The van der Waals surface area contributed by atoms with Crippen molar-refractivity contribution in [1.29, 1.82) is 0 Å². The summed E-state index contributed by atoms with van der Waals surface area (Å²) in [5.41, 5.74) is 0.764. The van der Waals surface area contributed by atoms with Gasteiger partial charge in [-0.2, -0.15) is 4.31 Å². The fourth-order valence-electron chi connectivity index (χ4n) is 2.86. The molecule has 1 aliphatic carbocycles. The zero-order valence-electron chi connectivity index (χ0n) is 15.3. The third kappa shape index (κ3) is 5.30. The van der Waals surface area contributed by atoms with E-state index < -0.39 is 10.0 Å². The molecule has 1 saturated heterocycles. The molecule has 0 bridgehead atoms. The Morgan fingerprint density at radius 3 is 2.46 bits per heavy atom. The molecule has 3 rings (SSSR count). The predicted molar refractivity (Wildman–Crippen MR) is 114 cm³/mol. The number of rotatable bonds is 5. The van der Waals surface area contributed by atoms with Gasteiger partial charge in [0.25, 0.3) is 0 Å². The van der Waals surface area contributed by atoms with E-state index in [0.29, 0.717) is 36.5 Å². The Morgan fingerprint density at radius 2 is 1.85 bits per heavy atom. The summed E-state index contributed by atoms with van der Waals surface area (Å²) in [6.07, 6.45) is 2.32. The Balaban J connectivity index is 0.00000243. The minimum Gasteiger partial charge on any atom is -0.354 e. The molecular weight excluding hydrogens is 465 g/mol. The first-order chi connectivity index (χ1) is 12.0. The van der Waals surface area contributed by atoms with E-state index in [0.717, 1.165) is 31.5 Å². The van der Waals surface area contributed by atoms with E-state index in [1.54, 1.807) is 23.5 Å². The highest BCUT2D eigenvalue weighted by Crippen LogP contribution is 2.22. The Hall–Kier alpha value is -0.910. The molecule has 1 heterocycles. The molecule has 146 valence electrons. The van der Waals surface area contributed by atoms with E-state index in [9.17, 15) is 8.42 Å². The van der Waals surface area contributed by atoms with Crippen molar-refractivity contribution in [3.05, 3.63) is 29.8 Å². The summed E-state index contributed by atoms with van der Waals surface area (Å²) in [7, 11) is 0.266. The van der Waals surface area contributed by atoms with Gasteiger partial charge in [-0.1, -0.05) is 18.2 Å². The number of nitrogens with zero attached hydrogens (tertiary/aromatic N) is 3. The van der Waals surface area contributed by atoms with Gasteiger partial charge in [-0.25, -0.2) is 8.42 Å². The standard InChI is InChI=1S/C17H27N5O2S.HI/c1-18-17(20-15-7-8-15)19-13-14-5-3-4-6-16(14)25(23,24)22-11-9-21(2)10-12-22;/h3-6,15H,7-13H2,1-2H3,(H2,18,19,20);1H. The Bertz CT molecular complexity index is 728. The van der Waals surface area contributed by atoms with E-state index in [2.05, 4.69) is 20.5 Å². The molecule has 0 spiro atoms. The molecule has 0 unspecified atom stereocenters. The first-order valence-corrected chi connectivity index (χ1v) is 10.2. The molecule has 0 aromatic heterocycles. The lowest BCUT2D eigenvalue weighted by atomic mass is 10.2. The minimum atomic E-state index is -3.48. The smallest absolute Gasteiger partial charge is 0.243 e. The molecule has 0 radical (unpaired) electrons. The second kappa shape index (κ2) is 9.34. The summed E-state index contributed by atoms with van der Waals surface area (Å²) < 4.78 is 27.7. The number of sulfonamides is 1. The fraction of sp³-hybridized carbons (Fsp3) is 0.588. The van der Waals surface area contributed by atoms with Crippen LogP contribution in [0.15, 0.2) is 34.2 Å². The van der Waals surface area contributed by atoms with Crippen molar-refractivity contribution in [2.75, 3.05) is 40.3 Å². The third-order valence-electron chi connectivity index (χ3n) is 4.64. The van der Waals surface area contributed by atoms with Gasteiger partial charge in [-0.05, 0) is 31.5 Å². The number of piperazine rings is 1. The second-order valence-corrected chi connectivity index (χ2v) is 8.57. The summed E-state index contributed by atoms with van der Waals surface area (Å²) in [6, 6.07) is 7.71. The molecule has 2 fully saturated rings. The molecule has 2 aliphatic rings. The molecule has 0 amide bonds. The van der Waals surface area contributed by atoms with E-state index in [1.165, 1.54) is 0 Å². The minimum absolute atomic E-state index is 0. The molecule has 7 nitrogen and oxygen atoms in total. The van der Waals surface area contributed by atoms with E-state index in [-0.39, 0.29) is 24.0 Å². The lowest BCUT2D eigenvalue weighted by Gasteiger charge is -2.32. The Morgan fingerprint density at radius 1 is 1.19 bits per heavy atom. The van der Waals surface area contributed by atoms with Gasteiger partial charge in [0.05, 0.1) is 4.90 Å². The van der Waals surface area contributed by atoms with Crippen molar-refractivity contribution < 1.29 is 8.42 Å². The van der Waals surface area contributed by atoms with Gasteiger partial charge in [0.1, 0.15) is 0 Å². The molecule has 0 atom stereocenters. The maximum Gasteiger partial charge on any atom is 0.243 e. The maximum absolute atomic E-state index is 13.1. The van der Waals surface area contributed by atoms with Crippen molar-refractivity contribution in [3.63, 3.8) is 0 Å². The summed E-state index contributed by atoms with van der Waals surface area (Å²) >= 11 is 0. The van der Waals surface area contributed by atoms with Crippen LogP contribution in [-0.2, 0) is 16.6 Å². The number of hydrogen-bond acceptors (Lipinski definition) is 4. The van der Waals surface area contributed by atoms with Crippen LogP contribution in [0.1, 0.15) is 18.4 Å². The van der Waals surface area contributed by atoms with Crippen LogP contribution in [0.25, 0.3) is 0 Å². The van der Waals surface area contributed by atoms with Gasteiger partial charge in [0, 0.05) is 45.8 Å². The fourth-order valence-corrected chi connectivity index (χ4v) is 4.51. The quantitative estimate of drug-likeness (QED) is 0.365. The van der Waals surface area contributed by atoms with Gasteiger partial charge >= 0.3 is 0 Å². The highest BCUT2D eigenvalue weighted by atomic mass is 127. The molecule has 26 heavy (non-hydrogen) atoms. The number of guanidine groups is 1. The molecule has 1 aromatic rings. The predicted octanol–water partition coefficient (Wildman–Crippen LogP) is 1.07. The maximum atomic E-state index is 13.1. The zero-order valence-corrected chi connectivity index (χ0v) is 18.5. The van der Waals surface area contributed by atoms with Gasteiger partial charge < -0.3 is 15.5 Å². The largest absolute Gasteiger partial charge is 0.354 e. The summed E-state index contributed by atoms with van der Waals surface area (Å²) in [5, 5.41) is 6.54. The van der Waals surface area contributed by atoms with Crippen LogP contribution in [0.5, 0.6) is 0 Å². The lowest BCUT2D eigenvalue weighted by molar-refractivity contribution is 0.222. The Kier molecular flexibility index (Phi) is 7.68. The normalized spacial score (nSPS) is 19.7. The van der Waals surface area contributed by atoms with Crippen LogP contribution in [0.3, 0.4) is 0 Å². The molecular formula is C17H28IN5O2S. The number of halogens is 1. The molecule has 2 N–H and O–H groups in total. The van der Waals surface area contributed by atoms with Crippen molar-refractivity contribution in [2.24, 2.45) is 4.99 Å². The van der Waals surface area contributed by atoms with Crippen molar-refractivity contribution >= 4 is 40.0 Å². The highest BCUT2D eigenvalue weighted by Gasteiger charge is 2.29. The Labute approximate surface area is 173 Å². The van der Waals surface area contributed by atoms with Crippen LogP contribution in [0.4, 0.5) is 0 Å². The number of aliphatic imine (C=N–C) groups is 1. The first kappa shape index (κ1) is 21.4. The topological polar surface area (TPSA) is 77.0 Å². The van der Waals surface area contributed by atoms with E-state index in [1.807, 2.05) is 19.2 Å². The average Bonchev–Trinajstić information content (AvgIpc) is 3.43. The lowest BCUT2D eigenvalue weighted by Crippen LogP contribution is -2.47. The number of nitrogens with one attached hydrogen (secondary N) is 2. The van der Waals surface area contributed by atoms with E-state index >= 15 is 0 Å². The summed E-state index contributed by atoms with van der Waals surface area (Å²) in [5.74, 6) is 0.717. The summed E-state index contributed by atoms with van der Waals surface area (Å²) in [4.78, 5) is 6.73. The second-order valence-electron chi connectivity index (χ2n) is 6.66. The van der Waals surface area contributed by atoms with E-state index in [4.69, 9.17) is 0 Å².